The molecular weight excluding hydrogens is 292 g/mol. The minimum atomic E-state index is -0.205. The number of anilines is 1. The van der Waals surface area contributed by atoms with E-state index in [-0.39, 0.29) is 17.4 Å². The Hall–Kier alpha value is -2.63. The van der Waals surface area contributed by atoms with Crippen molar-refractivity contribution in [3.63, 3.8) is 0 Å². The van der Waals surface area contributed by atoms with E-state index in [1.54, 1.807) is 11.9 Å². The van der Waals surface area contributed by atoms with E-state index in [2.05, 4.69) is 15.3 Å². The van der Waals surface area contributed by atoms with E-state index >= 15 is 0 Å². The Morgan fingerprint density at radius 3 is 2.70 bits per heavy atom. The van der Waals surface area contributed by atoms with Gasteiger partial charge in [0.25, 0.3) is 5.56 Å². The zero-order valence-corrected chi connectivity index (χ0v) is 13.3. The maximum absolute atomic E-state index is 11.9. The van der Waals surface area contributed by atoms with Crippen LogP contribution in [0.25, 0.3) is 0 Å². The van der Waals surface area contributed by atoms with Crippen molar-refractivity contribution in [2.45, 2.75) is 25.8 Å². The fourth-order valence-corrected chi connectivity index (χ4v) is 2.72. The lowest BCUT2D eigenvalue weighted by atomic mass is 10.0. The fourth-order valence-electron chi connectivity index (χ4n) is 2.72. The van der Waals surface area contributed by atoms with Crippen molar-refractivity contribution < 1.29 is 4.79 Å². The molecule has 0 radical (unpaired) electrons. The van der Waals surface area contributed by atoms with Crippen LogP contribution in [0, 0.1) is 6.92 Å². The molecule has 0 saturated carbocycles. The number of carbonyl (C=O) groups excluding carboxylic acids is 1. The predicted molar refractivity (Wildman–Crippen MR) is 88.4 cm³/mol. The maximum Gasteiger partial charge on any atom is 0.252 e. The SMILES string of the molecule is Cc1ccc(CNc2nc(C3CC(=O)N(C)C3)cc(=O)[nH]2)cc1. The average molecular weight is 312 g/mol. The number of aryl methyl sites for hydroxylation is 1. The van der Waals surface area contributed by atoms with E-state index in [0.29, 0.717) is 31.2 Å². The lowest BCUT2D eigenvalue weighted by Gasteiger charge is -2.11. The fraction of sp³-hybridized carbons (Fsp3) is 0.353. The van der Waals surface area contributed by atoms with Gasteiger partial charge in [-0.15, -0.1) is 0 Å². The number of aromatic nitrogens is 2. The van der Waals surface area contributed by atoms with Crippen LogP contribution in [-0.2, 0) is 11.3 Å². The number of amides is 1. The second-order valence-corrected chi connectivity index (χ2v) is 6.03. The van der Waals surface area contributed by atoms with Gasteiger partial charge in [-0.05, 0) is 12.5 Å². The van der Waals surface area contributed by atoms with Crippen LogP contribution in [0.15, 0.2) is 35.1 Å². The summed E-state index contributed by atoms with van der Waals surface area (Å²) in [6.45, 7) is 3.22. The molecule has 3 rings (SSSR count). The van der Waals surface area contributed by atoms with Crippen LogP contribution in [0.2, 0.25) is 0 Å². The van der Waals surface area contributed by atoms with Crippen LogP contribution >= 0.6 is 0 Å². The van der Waals surface area contributed by atoms with Gasteiger partial charge in [-0.1, -0.05) is 29.8 Å². The predicted octanol–water partition coefficient (Wildman–Crippen LogP) is 1.64. The summed E-state index contributed by atoms with van der Waals surface area (Å²) in [6, 6.07) is 9.64. The monoisotopic (exact) mass is 312 g/mol. The minimum Gasteiger partial charge on any atom is -0.352 e. The van der Waals surface area contributed by atoms with E-state index in [1.807, 2.05) is 31.2 Å². The zero-order chi connectivity index (χ0) is 16.4. The molecule has 1 saturated heterocycles. The number of hydrogen-bond acceptors (Lipinski definition) is 4. The molecule has 1 unspecified atom stereocenters. The van der Waals surface area contributed by atoms with Gasteiger partial charge in [-0.25, -0.2) is 4.98 Å². The first-order valence-electron chi connectivity index (χ1n) is 7.66. The smallest absolute Gasteiger partial charge is 0.252 e. The molecule has 0 aliphatic carbocycles. The number of likely N-dealkylation sites (N-methyl/N-ethyl adjacent to an activating group) is 1. The van der Waals surface area contributed by atoms with Crippen LogP contribution in [0.1, 0.15) is 29.2 Å². The normalized spacial score (nSPS) is 17.6. The first-order valence-corrected chi connectivity index (χ1v) is 7.66. The Morgan fingerprint density at radius 2 is 2.04 bits per heavy atom. The number of likely N-dealkylation sites (tertiary alicyclic amines) is 1. The van der Waals surface area contributed by atoms with E-state index in [1.165, 1.54) is 11.6 Å². The number of H-pyrrole nitrogens is 1. The van der Waals surface area contributed by atoms with Crippen molar-refractivity contribution >= 4 is 11.9 Å². The zero-order valence-electron chi connectivity index (χ0n) is 13.3. The van der Waals surface area contributed by atoms with Crippen molar-refractivity contribution in [2.24, 2.45) is 0 Å². The van der Waals surface area contributed by atoms with E-state index in [9.17, 15) is 9.59 Å². The maximum atomic E-state index is 11.9. The standard InChI is InChI=1S/C17H20N4O2/c1-11-3-5-12(6-4-11)9-18-17-19-14(8-15(22)20-17)13-7-16(23)21(2)10-13/h3-6,8,13H,7,9-10H2,1-2H3,(H2,18,19,20,22). The molecule has 0 bridgehead atoms. The van der Waals surface area contributed by atoms with Crippen molar-refractivity contribution in [2.75, 3.05) is 18.9 Å². The first kappa shape index (κ1) is 15.3. The molecule has 120 valence electrons. The largest absolute Gasteiger partial charge is 0.352 e. The molecule has 1 fully saturated rings. The molecule has 6 heteroatoms. The topological polar surface area (TPSA) is 78.1 Å². The Bertz CT molecular complexity index is 767. The van der Waals surface area contributed by atoms with Crippen molar-refractivity contribution in [1.82, 2.24) is 14.9 Å². The Balaban J connectivity index is 1.74. The van der Waals surface area contributed by atoms with Crippen LogP contribution in [0.3, 0.4) is 0 Å². The highest BCUT2D eigenvalue weighted by molar-refractivity contribution is 5.79. The van der Waals surface area contributed by atoms with Crippen molar-refractivity contribution in [3.05, 3.63) is 57.5 Å². The third kappa shape index (κ3) is 3.59. The molecule has 2 N–H and O–H groups in total. The molecule has 2 heterocycles. The van der Waals surface area contributed by atoms with Crippen LogP contribution in [0.5, 0.6) is 0 Å². The van der Waals surface area contributed by atoms with Gasteiger partial charge in [0.05, 0.1) is 5.69 Å². The van der Waals surface area contributed by atoms with E-state index < -0.39 is 0 Å². The van der Waals surface area contributed by atoms with Crippen molar-refractivity contribution in [3.8, 4) is 0 Å². The minimum absolute atomic E-state index is 0.0188. The van der Waals surface area contributed by atoms with Crippen LogP contribution in [0.4, 0.5) is 5.95 Å². The summed E-state index contributed by atoms with van der Waals surface area (Å²) in [5.41, 5.74) is 2.78. The van der Waals surface area contributed by atoms with Gasteiger partial charge in [-0.3, -0.25) is 14.6 Å². The van der Waals surface area contributed by atoms with Crippen LogP contribution in [-0.4, -0.2) is 34.4 Å². The molecule has 1 aliphatic heterocycles. The Kier molecular flexibility index (Phi) is 4.14. The summed E-state index contributed by atoms with van der Waals surface area (Å²) in [6.07, 6.45) is 0.407. The highest BCUT2D eigenvalue weighted by atomic mass is 16.2. The number of nitrogens with one attached hydrogen (secondary N) is 2. The average Bonchev–Trinajstić information content (AvgIpc) is 2.86. The number of benzene rings is 1. The molecule has 1 amide bonds. The number of aromatic amines is 1. The van der Waals surface area contributed by atoms with Gasteiger partial charge >= 0.3 is 0 Å². The number of hydrogen-bond donors (Lipinski definition) is 2. The second-order valence-electron chi connectivity index (χ2n) is 6.03. The molecule has 0 spiro atoms. The molecule has 6 nitrogen and oxygen atoms in total. The summed E-state index contributed by atoms with van der Waals surface area (Å²) in [5.74, 6) is 0.510. The second kappa shape index (κ2) is 6.24. The van der Waals surface area contributed by atoms with Gasteiger partial charge in [0, 0.05) is 38.5 Å². The van der Waals surface area contributed by atoms with Gasteiger partial charge in [0.15, 0.2) is 0 Å². The highest BCUT2D eigenvalue weighted by Gasteiger charge is 2.29. The lowest BCUT2D eigenvalue weighted by Crippen LogP contribution is -2.19. The first-order chi connectivity index (χ1) is 11.0. The molecule has 1 atom stereocenters. The van der Waals surface area contributed by atoms with Gasteiger partial charge in [0.1, 0.15) is 0 Å². The van der Waals surface area contributed by atoms with E-state index in [4.69, 9.17) is 0 Å². The molecular formula is C17H20N4O2. The number of rotatable bonds is 4. The summed E-state index contributed by atoms with van der Waals surface area (Å²) >= 11 is 0. The Labute approximate surface area is 134 Å². The van der Waals surface area contributed by atoms with E-state index in [0.717, 1.165) is 5.56 Å². The van der Waals surface area contributed by atoms with Gasteiger partial charge in [-0.2, -0.15) is 0 Å². The molecule has 1 aliphatic rings. The van der Waals surface area contributed by atoms with Gasteiger partial charge in [0.2, 0.25) is 11.9 Å². The third-order valence-corrected chi connectivity index (χ3v) is 4.10. The molecule has 1 aromatic carbocycles. The highest BCUT2D eigenvalue weighted by Crippen LogP contribution is 2.25. The van der Waals surface area contributed by atoms with Crippen LogP contribution < -0.4 is 10.9 Å². The third-order valence-electron chi connectivity index (χ3n) is 4.10. The number of carbonyl (C=O) groups is 1. The molecule has 2 aromatic rings. The van der Waals surface area contributed by atoms with Crippen molar-refractivity contribution in [1.29, 1.82) is 0 Å². The lowest BCUT2D eigenvalue weighted by molar-refractivity contribution is -0.126. The summed E-state index contributed by atoms with van der Waals surface area (Å²) < 4.78 is 0. The molecule has 1 aromatic heterocycles. The molecule has 23 heavy (non-hydrogen) atoms. The Morgan fingerprint density at radius 1 is 1.30 bits per heavy atom. The summed E-state index contributed by atoms with van der Waals surface area (Å²) in [4.78, 5) is 32.4. The summed E-state index contributed by atoms with van der Waals surface area (Å²) in [5, 5.41) is 3.14. The summed E-state index contributed by atoms with van der Waals surface area (Å²) in [7, 11) is 1.77. The quantitative estimate of drug-likeness (QED) is 0.899. The number of nitrogens with zero attached hydrogens (tertiary/aromatic N) is 2. The van der Waals surface area contributed by atoms with Gasteiger partial charge < -0.3 is 10.2 Å².